The third kappa shape index (κ3) is 6.77. The molecule has 0 saturated carbocycles. The number of anilines is 1. The Bertz CT molecular complexity index is 1330. The summed E-state index contributed by atoms with van der Waals surface area (Å²) < 4.78 is 21.1. The zero-order valence-corrected chi connectivity index (χ0v) is 25.8. The quantitative estimate of drug-likeness (QED) is 0.404. The highest BCUT2D eigenvalue weighted by Crippen LogP contribution is 2.44. The summed E-state index contributed by atoms with van der Waals surface area (Å²) >= 11 is 0. The van der Waals surface area contributed by atoms with Crippen molar-refractivity contribution < 1.29 is 19.0 Å². The number of imidazole rings is 1. The fourth-order valence-electron chi connectivity index (χ4n) is 5.97. The van der Waals surface area contributed by atoms with Crippen molar-refractivity contribution >= 4 is 23.0 Å². The lowest BCUT2D eigenvalue weighted by atomic mass is 9.77. The average Bonchev–Trinajstić information content (AvgIpc) is 3.55. The highest BCUT2D eigenvalue weighted by atomic mass is 16.8. The van der Waals surface area contributed by atoms with E-state index in [0.29, 0.717) is 48.5 Å². The Balaban J connectivity index is 1.21. The molecule has 2 amide bonds. The van der Waals surface area contributed by atoms with E-state index in [1.165, 1.54) is 6.33 Å². The number of urea groups is 1. The Kier molecular flexibility index (Phi) is 8.62. The number of nitrogen functional groups attached to an aromatic ring is 1. The third-order valence-corrected chi connectivity index (χ3v) is 8.03. The van der Waals surface area contributed by atoms with Crippen molar-refractivity contribution in [1.82, 2.24) is 35.1 Å². The van der Waals surface area contributed by atoms with E-state index in [1.807, 2.05) is 24.5 Å². The van der Waals surface area contributed by atoms with Crippen LogP contribution in [-0.4, -0.2) is 80.7 Å². The fraction of sp³-hybridized carbons (Fsp3) is 0.667. The molecule has 2 aromatic rings. The molecular formula is C30H46N8O4. The number of nitrogens with two attached hydrogens (primary N) is 1. The van der Waals surface area contributed by atoms with Crippen molar-refractivity contribution in [2.75, 3.05) is 31.9 Å². The number of allylic oxidation sites excluding steroid dienone is 3. The highest BCUT2D eigenvalue weighted by Gasteiger charge is 2.56. The Hall–Kier alpha value is -3.06. The Morgan fingerprint density at radius 3 is 2.67 bits per heavy atom. The van der Waals surface area contributed by atoms with Crippen molar-refractivity contribution in [3.63, 3.8) is 0 Å². The van der Waals surface area contributed by atoms with E-state index in [4.69, 9.17) is 19.9 Å². The Labute approximate surface area is 248 Å². The molecule has 0 aromatic carbocycles. The van der Waals surface area contributed by atoms with Crippen LogP contribution in [0.15, 0.2) is 36.6 Å². The van der Waals surface area contributed by atoms with Crippen molar-refractivity contribution in [2.45, 2.75) is 85.2 Å². The maximum absolute atomic E-state index is 12.7. The number of fused-ring (bicyclic) bond motifs is 2. The van der Waals surface area contributed by atoms with Gasteiger partial charge < -0.3 is 30.6 Å². The second-order valence-electron chi connectivity index (χ2n) is 13.5. The molecule has 3 aliphatic rings. The summed E-state index contributed by atoms with van der Waals surface area (Å²) in [6.45, 7) is 17.5. The summed E-state index contributed by atoms with van der Waals surface area (Å²) in [7, 11) is 0. The smallest absolute Gasteiger partial charge is 0.319 e. The molecule has 5 rings (SSSR count). The van der Waals surface area contributed by atoms with Gasteiger partial charge in [-0.3, -0.25) is 9.47 Å². The van der Waals surface area contributed by atoms with Gasteiger partial charge in [0.25, 0.3) is 0 Å². The van der Waals surface area contributed by atoms with E-state index in [0.717, 1.165) is 18.7 Å². The molecule has 0 bridgehead atoms. The molecule has 12 nitrogen and oxygen atoms in total. The highest BCUT2D eigenvalue weighted by molar-refractivity contribution is 5.81. The Morgan fingerprint density at radius 2 is 1.98 bits per heavy atom. The number of hydrogen-bond acceptors (Lipinski definition) is 9. The number of carbonyl (C=O) groups is 1. The minimum Gasteiger partial charge on any atom is -0.382 e. The van der Waals surface area contributed by atoms with E-state index in [9.17, 15) is 4.79 Å². The number of nitrogens with zero attached hydrogens (tertiary/aromatic N) is 5. The monoisotopic (exact) mass is 582 g/mol. The number of carbonyl (C=O) groups excluding carboxylic acids is 1. The van der Waals surface area contributed by atoms with E-state index < -0.39 is 12.0 Å². The van der Waals surface area contributed by atoms with Gasteiger partial charge in [-0.25, -0.2) is 19.7 Å². The van der Waals surface area contributed by atoms with Crippen LogP contribution in [0.5, 0.6) is 0 Å². The van der Waals surface area contributed by atoms with Crippen LogP contribution in [-0.2, 0) is 14.2 Å². The third-order valence-electron chi connectivity index (χ3n) is 8.03. The first-order valence-electron chi connectivity index (χ1n) is 14.9. The van der Waals surface area contributed by atoms with Crippen LogP contribution in [0.25, 0.3) is 11.2 Å². The maximum Gasteiger partial charge on any atom is 0.319 e. The summed E-state index contributed by atoms with van der Waals surface area (Å²) in [6.07, 6.45) is 8.92. The molecule has 2 unspecified atom stereocenters. The summed E-state index contributed by atoms with van der Waals surface area (Å²) in [5.74, 6) is 0.455. The largest absolute Gasteiger partial charge is 0.382 e. The summed E-state index contributed by atoms with van der Waals surface area (Å²) in [6, 6.07) is -0.204. The normalized spacial score (nSPS) is 27.1. The predicted octanol–water partition coefficient (Wildman–Crippen LogP) is 3.59. The summed E-state index contributed by atoms with van der Waals surface area (Å²) in [5, 5.41) is 5.99. The minimum atomic E-state index is -0.752. The lowest BCUT2D eigenvalue weighted by Gasteiger charge is -2.30. The van der Waals surface area contributed by atoms with Gasteiger partial charge in [-0.05, 0) is 43.6 Å². The standard InChI is InChI=1S/C30H46N8O4/c1-18(2)14-37(13-12-32-28(39)36-20-10-8-19(9-11-20)29(3,4)5)15-21-23-24(42-30(6,7)41-23)27(40-21)38-17-35-22-25(31)33-16-34-26(22)38/h8,10-11,16-19,21,23-24,27H,9,12-15H2,1-7H3,(H2,31,33,34)(H2,32,36,39)/t19?,21-,23-,24-,27?/m1/s1. The van der Waals surface area contributed by atoms with Crippen LogP contribution in [0.2, 0.25) is 0 Å². The SMILES string of the molecule is CC(C)CN(CCNC(=O)NC1=CCC(C(C)(C)C)C=C1)C[C@H]1OC(n2cnc3c(N)ncnc32)[C@@H]2OC(C)(C)O[C@H]12. The molecule has 2 saturated heterocycles. The van der Waals surface area contributed by atoms with Gasteiger partial charge in [0.1, 0.15) is 30.2 Å². The van der Waals surface area contributed by atoms with Gasteiger partial charge in [-0.2, -0.15) is 0 Å². The van der Waals surface area contributed by atoms with Crippen LogP contribution >= 0.6 is 0 Å². The van der Waals surface area contributed by atoms with Gasteiger partial charge in [0.2, 0.25) is 0 Å². The van der Waals surface area contributed by atoms with E-state index in [2.05, 4.69) is 77.3 Å². The van der Waals surface area contributed by atoms with Gasteiger partial charge in [0, 0.05) is 31.9 Å². The number of nitrogens with one attached hydrogen (secondary N) is 2. The first-order chi connectivity index (χ1) is 19.8. The van der Waals surface area contributed by atoms with Crippen molar-refractivity contribution in [3.8, 4) is 0 Å². The second-order valence-corrected chi connectivity index (χ2v) is 13.5. The molecule has 0 spiro atoms. The van der Waals surface area contributed by atoms with Gasteiger partial charge in [0.15, 0.2) is 23.5 Å². The number of ether oxygens (including phenoxy) is 3. The molecule has 230 valence electrons. The van der Waals surface area contributed by atoms with Crippen molar-refractivity contribution in [3.05, 3.63) is 36.6 Å². The van der Waals surface area contributed by atoms with Gasteiger partial charge in [-0.1, -0.05) is 46.8 Å². The number of hydrogen-bond donors (Lipinski definition) is 3. The van der Waals surface area contributed by atoms with Gasteiger partial charge in [0.05, 0.1) is 6.33 Å². The Morgan fingerprint density at radius 1 is 1.21 bits per heavy atom. The topological polar surface area (TPSA) is 142 Å². The van der Waals surface area contributed by atoms with E-state index in [1.54, 1.807) is 6.33 Å². The number of aromatic nitrogens is 4. The lowest BCUT2D eigenvalue weighted by molar-refractivity contribution is -0.198. The fourth-order valence-corrected chi connectivity index (χ4v) is 5.97. The molecule has 5 atom stereocenters. The van der Waals surface area contributed by atoms with Crippen LogP contribution in [0.1, 0.15) is 61.1 Å². The second kappa shape index (κ2) is 11.9. The summed E-state index contributed by atoms with van der Waals surface area (Å²) in [5.41, 5.74) is 8.18. The molecule has 2 fully saturated rings. The van der Waals surface area contributed by atoms with E-state index >= 15 is 0 Å². The van der Waals surface area contributed by atoms with Crippen molar-refractivity contribution in [1.29, 1.82) is 0 Å². The molecule has 2 aromatic heterocycles. The maximum atomic E-state index is 12.7. The number of rotatable bonds is 9. The zero-order chi connectivity index (χ0) is 30.2. The molecule has 1 aliphatic carbocycles. The molecule has 2 aliphatic heterocycles. The molecule has 4 heterocycles. The molecule has 0 radical (unpaired) electrons. The van der Waals surface area contributed by atoms with Gasteiger partial charge >= 0.3 is 6.03 Å². The molecule has 12 heteroatoms. The van der Waals surface area contributed by atoms with Gasteiger partial charge in [-0.15, -0.1) is 0 Å². The average molecular weight is 583 g/mol. The predicted molar refractivity (Wildman–Crippen MR) is 160 cm³/mol. The first-order valence-corrected chi connectivity index (χ1v) is 14.9. The lowest BCUT2D eigenvalue weighted by Crippen LogP contribution is -2.45. The molecule has 4 N–H and O–H groups in total. The van der Waals surface area contributed by atoms with Crippen molar-refractivity contribution in [2.24, 2.45) is 17.3 Å². The summed E-state index contributed by atoms with van der Waals surface area (Å²) in [4.78, 5) is 27.8. The van der Waals surface area contributed by atoms with Crippen LogP contribution in [0.4, 0.5) is 10.6 Å². The number of amides is 2. The van der Waals surface area contributed by atoms with Crippen LogP contribution < -0.4 is 16.4 Å². The first kappa shape index (κ1) is 30.4. The molecular weight excluding hydrogens is 536 g/mol. The van der Waals surface area contributed by atoms with Crippen LogP contribution in [0.3, 0.4) is 0 Å². The van der Waals surface area contributed by atoms with Crippen LogP contribution in [0, 0.1) is 17.3 Å². The zero-order valence-electron chi connectivity index (χ0n) is 25.8. The minimum absolute atomic E-state index is 0.198. The molecule has 42 heavy (non-hydrogen) atoms. The van der Waals surface area contributed by atoms with E-state index in [-0.39, 0.29) is 29.8 Å².